The molecule has 4 rings (SSSR count). The summed E-state index contributed by atoms with van der Waals surface area (Å²) in [7, 11) is 1.55. The molecule has 2 heterocycles. The molecule has 0 bridgehead atoms. The maximum Gasteiger partial charge on any atom is 0.278 e. The average molecular weight is 378 g/mol. The van der Waals surface area contributed by atoms with Crippen LogP contribution in [0.5, 0.6) is 11.5 Å². The fraction of sp³-hybridized carbons (Fsp3) is 0.105. The number of aromatic nitrogens is 4. The van der Waals surface area contributed by atoms with E-state index in [2.05, 4.69) is 20.4 Å². The summed E-state index contributed by atoms with van der Waals surface area (Å²) in [6, 6.07) is 11.2. The number of benzene rings is 2. The van der Waals surface area contributed by atoms with Gasteiger partial charge in [-0.25, -0.2) is 0 Å². The smallest absolute Gasteiger partial charge is 0.278 e. The monoisotopic (exact) mass is 378 g/mol. The summed E-state index contributed by atoms with van der Waals surface area (Å²) >= 11 is 0. The number of carbonyl (C=O) groups is 1. The Morgan fingerprint density at radius 1 is 1.00 bits per heavy atom. The van der Waals surface area contributed by atoms with Gasteiger partial charge in [-0.2, -0.15) is 15.4 Å². The molecule has 2 aromatic carbocycles. The minimum atomic E-state index is -0.553. The second-order valence-electron chi connectivity index (χ2n) is 5.95. The third kappa shape index (κ3) is 3.09. The third-order valence-electron chi connectivity index (χ3n) is 4.24. The summed E-state index contributed by atoms with van der Waals surface area (Å²) in [4.78, 5) is 39.6. The Hall–Kier alpha value is -4.01. The average Bonchev–Trinajstić information content (AvgIpc) is 3.18. The number of methoxy groups -OCH3 is 1. The van der Waals surface area contributed by atoms with E-state index in [-0.39, 0.29) is 34.3 Å². The Morgan fingerprint density at radius 3 is 2.46 bits per heavy atom. The first-order valence-electron chi connectivity index (χ1n) is 8.27. The van der Waals surface area contributed by atoms with Crippen LogP contribution in [0.25, 0.3) is 21.9 Å². The van der Waals surface area contributed by atoms with Crippen LogP contribution in [-0.4, -0.2) is 39.9 Å². The predicted octanol–water partition coefficient (Wildman–Crippen LogP) is 1.43. The molecular formula is C19H14N4O5. The van der Waals surface area contributed by atoms with Crippen molar-refractivity contribution in [2.24, 2.45) is 0 Å². The largest absolute Gasteiger partial charge is 0.497 e. The summed E-state index contributed by atoms with van der Waals surface area (Å²) < 4.78 is 10.6. The molecule has 28 heavy (non-hydrogen) atoms. The summed E-state index contributed by atoms with van der Waals surface area (Å²) in [6.45, 7) is -0.198. The molecule has 0 saturated heterocycles. The zero-order valence-electron chi connectivity index (χ0n) is 14.7. The molecule has 4 aromatic rings. The van der Waals surface area contributed by atoms with Crippen LogP contribution in [0.4, 0.5) is 0 Å². The second-order valence-corrected chi connectivity index (χ2v) is 5.95. The molecule has 0 unspecified atom stereocenters. The number of rotatable bonds is 5. The highest BCUT2D eigenvalue weighted by Gasteiger charge is 2.11. The van der Waals surface area contributed by atoms with Crippen LogP contribution in [0.1, 0.15) is 10.4 Å². The molecule has 0 radical (unpaired) electrons. The van der Waals surface area contributed by atoms with Gasteiger partial charge < -0.3 is 14.5 Å². The highest BCUT2D eigenvalue weighted by atomic mass is 16.5. The Kier molecular flexibility index (Phi) is 4.32. The lowest BCUT2D eigenvalue weighted by atomic mass is 10.1. The molecule has 140 valence electrons. The van der Waals surface area contributed by atoms with E-state index in [1.165, 1.54) is 12.1 Å². The van der Waals surface area contributed by atoms with Crippen LogP contribution in [0, 0.1) is 0 Å². The Labute approximate surface area is 156 Å². The number of ketones is 1. The van der Waals surface area contributed by atoms with Crippen molar-refractivity contribution in [3.63, 3.8) is 0 Å². The molecule has 9 nitrogen and oxygen atoms in total. The van der Waals surface area contributed by atoms with Crippen LogP contribution in [-0.2, 0) is 0 Å². The number of Topliss-reactive ketones (excluding diaryl/α,β-unsaturated/α-hetero) is 1. The van der Waals surface area contributed by atoms with E-state index < -0.39 is 11.0 Å². The first kappa shape index (κ1) is 17.4. The molecule has 0 aliphatic heterocycles. The number of carbonyl (C=O) groups excluding carboxylic acids is 1. The van der Waals surface area contributed by atoms with Gasteiger partial charge in [-0.05, 0) is 36.4 Å². The lowest BCUT2D eigenvalue weighted by Crippen LogP contribution is -2.11. The van der Waals surface area contributed by atoms with Crippen molar-refractivity contribution in [3.8, 4) is 11.5 Å². The molecule has 2 N–H and O–H groups in total. The summed E-state index contributed by atoms with van der Waals surface area (Å²) in [5.74, 6) is 0.766. The molecule has 0 amide bonds. The van der Waals surface area contributed by atoms with E-state index >= 15 is 0 Å². The molecule has 0 aliphatic rings. The summed E-state index contributed by atoms with van der Waals surface area (Å²) in [5, 5.41) is 9.98. The van der Waals surface area contributed by atoms with Gasteiger partial charge in [-0.15, -0.1) is 0 Å². The number of nitrogens with one attached hydrogen (secondary N) is 2. The minimum absolute atomic E-state index is 0.0420. The highest BCUT2D eigenvalue weighted by molar-refractivity contribution is 5.97. The van der Waals surface area contributed by atoms with Crippen LogP contribution in [0.2, 0.25) is 0 Å². The number of ether oxygens (including phenoxy) is 2. The van der Waals surface area contributed by atoms with Crippen molar-refractivity contribution < 1.29 is 14.3 Å². The standard InChI is InChI=1S/C19H14N4O5/c1-27-11-4-2-10(3-5-11)15(24)9-28-12-6-7-13-14(8-12)20-19(26)17-16(18(13)25)21-23-22-17/h2-8H,9H2,1H3,(H,20,26)(H,21,22,23). The van der Waals surface area contributed by atoms with Crippen molar-refractivity contribution in [2.75, 3.05) is 13.7 Å². The lowest BCUT2D eigenvalue weighted by Gasteiger charge is -2.06. The first-order valence-corrected chi connectivity index (χ1v) is 8.27. The molecule has 2 aromatic heterocycles. The van der Waals surface area contributed by atoms with Crippen LogP contribution in [0.15, 0.2) is 52.1 Å². The minimum Gasteiger partial charge on any atom is -0.497 e. The van der Waals surface area contributed by atoms with Crippen molar-refractivity contribution in [2.45, 2.75) is 0 Å². The van der Waals surface area contributed by atoms with Crippen LogP contribution in [0.3, 0.4) is 0 Å². The molecule has 0 atom stereocenters. The molecular weight excluding hydrogens is 364 g/mol. The Morgan fingerprint density at radius 2 is 1.71 bits per heavy atom. The van der Waals surface area contributed by atoms with Gasteiger partial charge in [-0.3, -0.25) is 14.4 Å². The van der Waals surface area contributed by atoms with Crippen molar-refractivity contribution in [3.05, 3.63) is 68.6 Å². The number of aromatic amines is 2. The zero-order chi connectivity index (χ0) is 19.7. The van der Waals surface area contributed by atoms with Gasteiger partial charge in [0.2, 0.25) is 5.43 Å². The fourth-order valence-electron chi connectivity index (χ4n) is 2.78. The van der Waals surface area contributed by atoms with Crippen molar-refractivity contribution >= 4 is 27.7 Å². The van der Waals surface area contributed by atoms with Gasteiger partial charge in [0.1, 0.15) is 11.5 Å². The third-order valence-corrected chi connectivity index (χ3v) is 4.24. The molecule has 0 aliphatic carbocycles. The molecule has 0 saturated carbocycles. The quantitative estimate of drug-likeness (QED) is 0.503. The maximum absolute atomic E-state index is 12.5. The topological polar surface area (TPSA) is 127 Å². The normalized spacial score (nSPS) is 10.9. The van der Waals surface area contributed by atoms with Gasteiger partial charge in [0.05, 0.1) is 12.6 Å². The number of fused-ring (bicyclic) bond motifs is 2. The number of H-pyrrole nitrogens is 2. The van der Waals surface area contributed by atoms with E-state index in [1.54, 1.807) is 37.4 Å². The number of hydrogen-bond acceptors (Lipinski definition) is 7. The molecule has 0 spiro atoms. The Bertz CT molecular complexity index is 1310. The van der Waals surface area contributed by atoms with E-state index in [0.29, 0.717) is 17.1 Å². The molecule has 0 fully saturated rings. The predicted molar refractivity (Wildman–Crippen MR) is 101 cm³/mol. The first-order chi connectivity index (χ1) is 13.6. The van der Waals surface area contributed by atoms with E-state index in [9.17, 15) is 14.4 Å². The lowest BCUT2D eigenvalue weighted by molar-refractivity contribution is 0.0921. The van der Waals surface area contributed by atoms with Crippen molar-refractivity contribution in [1.82, 2.24) is 20.4 Å². The van der Waals surface area contributed by atoms with Gasteiger partial charge in [0, 0.05) is 17.0 Å². The summed E-state index contributed by atoms with van der Waals surface area (Å²) in [6.07, 6.45) is 0. The summed E-state index contributed by atoms with van der Waals surface area (Å²) in [5.41, 5.74) is -0.349. The van der Waals surface area contributed by atoms with Crippen LogP contribution >= 0.6 is 0 Å². The Balaban J connectivity index is 1.63. The van der Waals surface area contributed by atoms with Crippen LogP contribution < -0.4 is 20.5 Å². The van der Waals surface area contributed by atoms with Gasteiger partial charge in [0.25, 0.3) is 5.56 Å². The van der Waals surface area contributed by atoms with Gasteiger partial charge in [0.15, 0.2) is 23.4 Å². The van der Waals surface area contributed by atoms with E-state index in [0.717, 1.165) is 0 Å². The highest BCUT2D eigenvalue weighted by Crippen LogP contribution is 2.18. The van der Waals surface area contributed by atoms with E-state index in [1.807, 2.05) is 0 Å². The zero-order valence-corrected chi connectivity index (χ0v) is 14.7. The molecule has 9 heteroatoms. The number of nitrogens with zero attached hydrogens (tertiary/aromatic N) is 2. The van der Waals surface area contributed by atoms with Gasteiger partial charge >= 0.3 is 0 Å². The van der Waals surface area contributed by atoms with Crippen molar-refractivity contribution in [1.29, 1.82) is 0 Å². The van der Waals surface area contributed by atoms with E-state index in [4.69, 9.17) is 9.47 Å². The SMILES string of the molecule is COc1ccc(C(=O)COc2ccc3c(=O)c4n[nH]nc4c(=O)[nH]c3c2)cc1. The maximum atomic E-state index is 12.5. The second kappa shape index (κ2) is 6.95. The number of hydrogen-bond donors (Lipinski definition) is 2. The van der Waals surface area contributed by atoms with Gasteiger partial charge in [-0.1, -0.05) is 0 Å². The fourth-order valence-corrected chi connectivity index (χ4v) is 2.78.